The topological polar surface area (TPSA) is 91.3 Å². The van der Waals surface area contributed by atoms with Gasteiger partial charge in [-0.05, 0) is 12.5 Å². The second-order valence-electron chi connectivity index (χ2n) is 3.65. The molecular formula is C11H11N3O3S. The minimum atomic E-state index is -0.461. The van der Waals surface area contributed by atoms with Gasteiger partial charge in [0, 0.05) is 11.4 Å². The highest BCUT2D eigenvalue weighted by molar-refractivity contribution is 7.13. The number of nitro benzene ring substituents is 1. The summed E-state index contributed by atoms with van der Waals surface area (Å²) in [5.41, 5.74) is 6.83. The fourth-order valence-electron chi connectivity index (χ4n) is 1.50. The van der Waals surface area contributed by atoms with Crippen LogP contribution in [0.5, 0.6) is 5.75 Å². The molecular weight excluding hydrogens is 254 g/mol. The van der Waals surface area contributed by atoms with Crippen molar-refractivity contribution in [2.75, 3.05) is 5.73 Å². The zero-order valence-electron chi connectivity index (χ0n) is 9.62. The molecule has 0 radical (unpaired) electrons. The van der Waals surface area contributed by atoms with E-state index < -0.39 is 4.92 Å². The van der Waals surface area contributed by atoms with Gasteiger partial charge in [-0.25, -0.2) is 4.98 Å². The average Bonchev–Trinajstić information content (AvgIpc) is 2.73. The molecule has 7 heteroatoms. The predicted molar refractivity (Wildman–Crippen MR) is 68.7 cm³/mol. The molecule has 0 aliphatic rings. The first-order valence-corrected chi connectivity index (χ1v) is 6.02. The van der Waals surface area contributed by atoms with Crippen LogP contribution in [0, 0.1) is 17.0 Å². The van der Waals surface area contributed by atoms with E-state index in [2.05, 4.69) is 4.98 Å². The van der Waals surface area contributed by atoms with E-state index in [0.717, 1.165) is 0 Å². The van der Waals surface area contributed by atoms with Crippen LogP contribution in [0.25, 0.3) is 0 Å². The minimum Gasteiger partial charge on any atom is -0.480 e. The molecule has 1 heterocycles. The summed E-state index contributed by atoms with van der Waals surface area (Å²) in [6.45, 7) is 1.93. The maximum atomic E-state index is 10.9. The van der Waals surface area contributed by atoms with Crippen molar-refractivity contribution in [1.29, 1.82) is 0 Å². The van der Waals surface area contributed by atoms with Gasteiger partial charge < -0.3 is 10.5 Å². The van der Waals surface area contributed by atoms with Crippen LogP contribution in [0.15, 0.2) is 23.6 Å². The van der Waals surface area contributed by atoms with Gasteiger partial charge in [0.05, 0.1) is 10.6 Å². The first kappa shape index (κ1) is 12.3. The van der Waals surface area contributed by atoms with Crippen LogP contribution in [0.1, 0.15) is 11.3 Å². The highest BCUT2D eigenvalue weighted by Gasteiger charge is 2.17. The van der Waals surface area contributed by atoms with E-state index in [1.54, 1.807) is 24.4 Å². The lowest BCUT2D eigenvalue weighted by molar-refractivity contribution is -0.386. The van der Waals surface area contributed by atoms with Crippen molar-refractivity contribution in [3.63, 3.8) is 0 Å². The second kappa shape index (κ2) is 5.01. The van der Waals surface area contributed by atoms with E-state index in [9.17, 15) is 10.1 Å². The summed E-state index contributed by atoms with van der Waals surface area (Å²) in [6.07, 6.45) is 0. The lowest BCUT2D eigenvalue weighted by Gasteiger charge is -2.07. The summed E-state index contributed by atoms with van der Waals surface area (Å²) in [5.74, 6) is 0.272. The number of benzene rings is 1. The molecule has 1 aromatic carbocycles. The summed E-state index contributed by atoms with van der Waals surface area (Å²) < 4.78 is 5.48. The highest BCUT2D eigenvalue weighted by atomic mass is 32.1. The molecule has 1 aromatic heterocycles. The number of nitro groups is 1. The Labute approximate surface area is 107 Å². The van der Waals surface area contributed by atoms with Crippen molar-refractivity contribution in [2.24, 2.45) is 0 Å². The van der Waals surface area contributed by atoms with E-state index >= 15 is 0 Å². The SMILES string of the molecule is Cc1cccc([N+](=O)[O-])c1OCc1csc(N)n1. The van der Waals surface area contributed by atoms with Crippen molar-refractivity contribution in [3.05, 3.63) is 45.0 Å². The Bertz CT molecular complexity index is 583. The molecule has 0 unspecified atom stereocenters. The molecule has 0 aliphatic heterocycles. The number of aromatic nitrogens is 1. The van der Waals surface area contributed by atoms with Crippen LogP contribution in [-0.4, -0.2) is 9.91 Å². The largest absolute Gasteiger partial charge is 0.480 e. The van der Waals surface area contributed by atoms with Crippen LogP contribution in [-0.2, 0) is 6.61 Å². The number of hydrogen-bond donors (Lipinski definition) is 1. The van der Waals surface area contributed by atoms with E-state index in [4.69, 9.17) is 10.5 Å². The van der Waals surface area contributed by atoms with Crippen LogP contribution in [0.4, 0.5) is 10.8 Å². The minimum absolute atomic E-state index is 0.0433. The van der Waals surface area contributed by atoms with Crippen LogP contribution < -0.4 is 10.5 Å². The van der Waals surface area contributed by atoms with Gasteiger partial charge >= 0.3 is 5.69 Å². The zero-order valence-corrected chi connectivity index (χ0v) is 10.4. The number of hydrogen-bond acceptors (Lipinski definition) is 6. The molecule has 0 bridgehead atoms. The Kier molecular flexibility index (Phi) is 3.42. The lowest BCUT2D eigenvalue weighted by Crippen LogP contribution is -2.01. The molecule has 0 spiro atoms. The van der Waals surface area contributed by atoms with Crippen LogP contribution in [0.3, 0.4) is 0 Å². The van der Waals surface area contributed by atoms with Gasteiger partial charge in [0.2, 0.25) is 0 Å². The summed E-state index contributed by atoms with van der Waals surface area (Å²) in [7, 11) is 0. The first-order chi connectivity index (χ1) is 8.58. The molecule has 0 aliphatic carbocycles. The number of ether oxygens (including phenoxy) is 1. The lowest BCUT2D eigenvalue weighted by atomic mass is 10.2. The number of nitrogens with two attached hydrogens (primary N) is 1. The number of nitrogens with zero attached hydrogens (tertiary/aromatic N) is 2. The molecule has 0 atom stereocenters. The molecule has 2 aromatic rings. The number of aryl methyl sites for hydroxylation is 1. The Hall–Kier alpha value is -2.15. The Balaban J connectivity index is 2.20. The van der Waals surface area contributed by atoms with Crippen molar-refractivity contribution in [3.8, 4) is 5.75 Å². The molecule has 2 rings (SSSR count). The van der Waals surface area contributed by atoms with Crippen molar-refractivity contribution < 1.29 is 9.66 Å². The van der Waals surface area contributed by atoms with Crippen molar-refractivity contribution >= 4 is 22.2 Å². The summed E-state index contributed by atoms with van der Waals surface area (Å²) >= 11 is 1.31. The maximum absolute atomic E-state index is 10.9. The molecule has 18 heavy (non-hydrogen) atoms. The molecule has 0 amide bonds. The smallest absolute Gasteiger partial charge is 0.311 e. The summed E-state index contributed by atoms with van der Waals surface area (Å²) in [5, 5.41) is 13.1. The monoisotopic (exact) mass is 265 g/mol. The van der Waals surface area contributed by atoms with Crippen LogP contribution >= 0.6 is 11.3 Å². The number of para-hydroxylation sites is 1. The molecule has 0 saturated carbocycles. The number of anilines is 1. The maximum Gasteiger partial charge on any atom is 0.311 e. The number of nitrogen functional groups attached to an aromatic ring is 1. The van der Waals surface area contributed by atoms with E-state index in [-0.39, 0.29) is 18.0 Å². The zero-order chi connectivity index (χ0) is 13.1. The van der Waals surface area contributed by atoms with E-state index in [0.29, 0.717) is 16.4 Å². The molecule has 94 valence electrons. The van der Waals surface area contributed by atoms with Crippen LogP contribution in [0.2, 0.25) is 0 Å². The van der Waals surface area contributed by atoms with Gasteiger partial charge in [-0.3, -0.25) is 10.1 Å². The summed E-state index contributed by atoms with van der Waals surface area (Å²) in [6, 6.07) is 4.80. The Morgan fingerprint density at radius 3 is 2.94 bits per heavy atom. The van der Waals surface area contributed by atoms with Gasteiger partial charge in [0.25, 0.3) is 0 Å². The third-order valence-corrected chi connectivity index (χ3v) is 3.04. The summed E-state index contributed by atoms with van der Waals surface area (Å²) in [4.78, 5) is 14.5. The van der Waals surface area contributed by atoms with E-state index in [1.807, 2.05) is 0 Å². The molecule has 0 saturated heterocycles. The standard InChI is InChI=1S/C11H11N3O3S/c1-7-3-2-4-9(14(15)16)10(7)17-5-8-6-18-11(12)13-8/h2-4,6H,5H2,1H3,(H2,12,13). The first-order valence-electron chi connectivity index (χ1n) is 5.14. The van der Waals surface area contributed by atoms with Gasteiger partial charge in [-0.1, -0.05) is 12.1 Å². The van der Waals surface area contributed by atoms with E-state index in [1.165, 1.54) is 17.4 Å². The number of rotatable bonds is 4. The molecule has 2 N–H and O–H groups in total. The second-order valence-corrected chi connectivity index (χ2v) is 4.54. The normalized spacial score (nSPS) is 10.3. The fraction of sp³-hybridized carbons (Fsp3) is 0.182. The quantitative estimate of drug-likeness (QED) is 0.677. The van der Waals surface area contributed by atoms with Gasteiger partial charge in [0.15, 0.2) is 10.9 Å². The van der Waals surface area contributed by atoms with Crippen molar-refractivity contribution in [2.45, 2.75) is 13.5 Å². The van der Waals surface area contributed by atoms with Gasteiger partial charge in [0.1, 0.15) is 6.61 Å². The highest BCUT2D eigenvalue weighted by Crippen LogP contribution is 2.31. The molecule has 0 fully saturated rings. The Morgan fingerprint density at radius 1 is 1.56 bits per heavy atom. The third-order valence-electron chi connectivity index (χ3n) is 2.32. The number of thiazole rings is 1. The molecule has 6 nitrogen and oxygen atoms in total. The van der Waals surface area contributed by atoms with Gasteiger partial charge in [-0.2, -0.15) is 0 Å². The van der Waals surface area contributed by atoms with Gasteiger partial charge in [-0.15, -0.1) is 11.3 Å². The average molecular weight is 265 g/mol. The Morgan fingerprint density at radius 2 is 2.33 bits per heavy atom. The van der Waals surface area contributed by atoms with Crippen molar-refractivity contribution in [1.82, 2.24) is 4.98 Å². The third kappa shape index (κ3) is 2.57. The fourth-order valence-corrected chi connectivity index (χ4v) is 2.05. The predicted octanol–water partition coefficient (Wildman–Crippen LogP) is 2.52.